The molecule has 2 aromatic rings. The number of carboxylic acids is 1. The van der Waals surface area contributed by atoms with Crippen LogP contribution >= 0.6 is 11.3 Å². The van der Waals surface area contributed by atoms with Crippen LogP contribution in [0.15, 0.2) is 35.7 Å². The summed E-state index contributed by atoms with van der Waals surface area (Å²) in [5.41, 5.74) is 0.549. The number of anilines is 1. The standard InChI is InChI=1S/C18H23N5O7S2/c19-32(28,29)20-9-5-4-8-13(15(24)23-17-21-14(11-31-17)16(25)26)22-18(27)30-10-12-6-2-1-3-7-12/h1-3,6-7,11,13,20H,4-5,8-10H2,(H,22,27)(H,25,26)(H2,19,28,29)(H,21,23,24)/t13-/m0/s1. The van der Waals surface area contributed by atoms with E-state index in [1.54, 1.807) is 24.3 Å². The highest BCUT2D eigenvalue weighted by molar-refractivity contribution is 7.87. The summed E-state index contributed by atoms with van der Waals surface area (Å²) in [5.74, 6) is -1.85. The van der Waals surface area contributed by atoms with Crippen molar-refractivity contribution >= 4 is 44.6 Å². The molecule has 12 nitrogen and oxygen atoms in total. The van der Waals surface area contributed by atoms with Crippen LogP contribution in [-0.2, 0) is 26.3 Å². The first-order valence-corrected chi connectivity index (χ1v) is 11.8. The summed E-state index contributed by atoms with van der Waals surface area (Å²) < 4.78 is 29.1. The number of aromatic carboxylic acids is 1. The van der Waals surface area contributed by atoms with Gasteiger partial charge in [-0.2, -0.15) is 8.42 Å². The monoisotopic (exact) mass is 485 g/mol. The van der Waals surface area contributed by atoms with Gasteiger partial charge < -0.3 is 20.5 Å². The number of benzene rings is 1. The zero-order chi connectivity index (χ0) is 23.6. The van der Waals surface area contributed by atoms with Crippen LogP contribution < -0.4 is 20.5 Å². The minimum Gasteiger partial charge on any atom is -0.476 e. The molecule has 0 aliphatic carbocycles. The fourth-order valence-corrected chi connectivity index (χ4v) is 3.60. The topological polar surface area (TPSA) is 190 Å². The molecular weight excluding hydrogens is 462 g/mol. The number of carboxylic acid groups (broad SMARTS) is 1. The van der Waals surface area contributed by atoms with Gasteiger partial charge in [0.2, 0.25) is 5.91 Å². The highest BCUT2D eigenvalue weighted by Gasteiger charge is 2.23. The molecule has 0 bridgehead atoms. The Kier molecular flexibility index (Phi) is 9.52. The van der Waals surface area contributed by atoms with Crippen LogP contribution in [0.3, 0.4) is 0 Å². The molecule has 2 rings (SSSR count). The summed E-state index contributed by atoms with van der Waals surface area (Å²) in [7, 11) is -3.81. The Labute approximate surface area is 188 Å². The van der Waals surface area contributed by atoms with E-state index >= 15 is 0 Å². The maximum Gasteiger partial charge on any atom is 0.408 e. The molecule has 0 saturated heterocycles. The lowest BCUT2D eigenvalue weighted by atomic mass is 10.1. The summed E-state index contributed by atoms with van der Waals surface area (Å²) in [6, 6.07) is 7.94. The van der Waals surface area contributed by atoms with E-state index in [4.69, 9.17) is 15.0 Å². The number of amides is 2. The lowest BCUT2D eigenvalue weighted by Gasteiger charge is -2.17. The second kappa shape index (κ2) is 12.1. The molecule has 0 aliphatic heterocycles. The van der Waals surface area contributed by atoms with E-state index in [1.165, 1.54) is 5.38 Å². The highest BCUT2D eigenvalue weighted by Crippen LogP contribution is 2.16. The summed E-state index contributed by atoms with van der Waals surface area (Å²) in [4.78, 5) is 39.5. The second-order valence-corrected chi connectivity index (χ2v) is 8.76. The first-order valence-electron chi connectivity index (χ1n) is 9.38. The van der Waals surface area contributed by atoms with Gasteiger partial charge in [-0.3, -0.25) is 4.79 Å². The number of rotatable bonds is 12. The number of hydrogen-bond donors (Lipinski definition) is 5. The average molecular weight is 486 g/mol. The molecule has 0 radical (unpaired) electrons. The third-order valence-corrected chi connectivity index (χ3v) is 5.36. The molecule has 6 N–H and O–H groups in total. The number of carbonyl (C=O) groups is 3. The lowest BCUT2D eigenvalue weighted by molar-refractivity contribution is -0.118. The predicted octanol–water partition coefficient (Wildman–Crippen LogP) is 1.04. The van der Waals surface area contributed by atoms with Crippen molar-refractivity contribution in [2.24, 2.45) is 5.14 Å². The van der Waals surface area contributed by atoms with Gasteiger partial charge in [-0.1, -0.05) is 30.3 Å². The van der Waals surface area contributed by atoms with Crippen molar-refractivity contribution in [3.05, 3.63) is 47.0 Å². The molecule has 32 heavy (non-hydrogen) atoms. The number of aromatic nitrogens is 1. The molecule has 2 amide bonds. The number of ether oxygens (including phenoxy) is 1. The maximum atomic E-state index is 12.6. The van der Waals surface area contributed by atoms with Crippen LogP contribution in [0.1, 0.15) is 35.3 Å². The molecular formula is C18H23N5O7S2. The van der Waals surface area contributed by atoms with Crippen molar-refractivity contribution in [1.82, 2.24) is 15.0 Å². The fraction of sp³-hybridized carbons (Fsp3) is 0.333. The van der Waals surface area contributed by atoms with E-state index in [1.807, 2.05) is 6.07 Å². The van der Waals surface area contributed by atoms with E-state index in [-0.39, 0.29) is 30.4 Å². The molecule has 1 aromatic carbocycles. The molecule has 174 valence electrons. The number of nitrogens with zero attached hydrogens (tertiary/aromatic N) is 1. The van der Waals surface area contributed by atoms with Gasteiger partial charge in [-0.05, 0) is 24.8 Å². The van der Waals surface area contributed by atoms with E-state index < -0.39 is 34.2 Å². The van der Waals surface area contributed by atoms with Gasteiger partial charge in [0.05, 0.1) is 0 Å². The Morgan fingerprint density at radius 3 is 2.53 bits per heavy atom. The third-order valence-electron chi connectivity index (χ3n) is 4.00. The molecule has 0 unspecified atom stereocenters. The Hall–Kier alpha value is -3.07. The van der Waals surface area contributed by atoms with Gasteiger partial charge in [-0.15, -0.1) is 11.3 Å². The molecule has 0 spiro atoms. The van der Waals surface area contributed by atoms with Gasteiger partial charge in [-0.25, -0.2) is 24.4 Å². The van der Waals surface area contributed by atoms with Gasteiger partial charge in [0.1, 0.15) is 12.6 Å². The van der Waals surface area contributed by atoms with Crippen LogP contribution in [0.2, 0.25) is 0 Å². The van der Waals surface area contributed by atoms with Crippen LogP contribution in [-0.4, -0.2) is 49.1 Å². The average Bonchev–Trinajstić information content (AvgIpc) is 3.20. The largest absolute Gasteiger partial charge is 0.476 e. The second-order valence-electron chi connectivity index (χ2n) is 6.53. The maximum absolute atomic E-state index is 12.6. The number of thiazole rings is 1. The molecule has 0 aliphatic rings. The molecule has 1 heterocycles. The Balaban J connectivity index is 1.94. The van der Waals surface area contributed by atoms with Gasteiger partial charge >= 0.3 is 12.1 Å². The molecule has 1 atom stereocenters. The number of hydrogen-bond acceptors (Lipinski definition) is 8. The third kappa shape index (κ3) is 9.38. The van der Waals surface area contributed by atoms with E-state index in [9.17, 15) is 22.8 Å². The first kappa shape index (κ1) is 25.2. The molecule has 0 fully saturated rings. The van der Waals surface area contributed by atoms with Crippen LogP contribution in [0, 0.1) is 0 Å². The van der Waals surface area contributed by atoms with Crippen LogP contribution in [0.4, 0.5) is 9.93 Å². The van der Waals surface area contributed by atoms with Gasteiger partial charge in [0.25, 0.3) is 10.2 Å². The Morgan fingerprint density at radius 2 is 1.91 bits per heavy atom. The van der Waals surface area contributed by atoms with Crippen LogP contribution in [0.5, 0.6) is 0 Å². The quantitative estimate of drug-likeness (QED) is 0.275. The molecule has 1 aromatic heterocycles. The van der Waals surface area contributed by atoms with Crippen molar-refractivity contribution in [3.63, 3.8) is 0 Å². The van der Waals surface area contributed by atoms with Crippen LogP contribution in [0.25, 0.3) is 0 Å². The minimum atomic E-state index is -3.81. The van der Waals surface area contributed by atoms with Crippen molar-refractivity contribution in [1.29, 1.82) is 0 Å². The number of nitrogens with two attached hydrogens (primary N) is 1. The SMILES string of the molecule is NS(=O)(=O)NCCCC[C@H](NC(=O)OCc1ccccc1)C(=O)Nc1nc(C(=O)O)cs1. The van der Waals surface area contributed by atoms with Gasteiger partial charge in [0, 0.05) is 11.9 Å². The summed E-state index contributed by atoms with van der Waals surface area (Å²) in [5, 5.41) is 20.1. The normalized spacial score (nSPS) is 12.0. The molecule has 14 heteroatoms. The first-order chi connectivity index (χ1) is 15.1. The van der Waals surface area contributed by atoms with Crippen molar-refractivity contribution in [2.75, 3.05) is 11.9 Å². The fourth-order valence-electron chi connectivity index (χ4n) is 2.49. The number of carbonyl (C=O) groups excluding carboxylic acids is 2. The van der Waals surface area contributed by atoms with E-state index in [2.05, 4.69) is 20.3 Å². The highest BCUT2D eigenvalue weighted by atomic mass is 32.2. The van der Waals surface area contributed by atoms with E-state index in [0.29, 0.717) is 12.8 Å². The summed E-state index contributed by atoms with van der Waals surface area (Å²) in [6.07, 6.45) is 0.0802. The van der Waals surface area contributed by atoms with E-state index in [0.717, 1.165) is 16.9 Å². The zero-order valence-corrected chi connectivity index (χ0v) is 18.4. The van der Waals surface area contributed by atoms with Gasteiger partial charge in [0.15, 0.2) is 10.8 Å². The summed E-state index contributed by atoms with van der Waals surface area (Å²) in [6.45, 7) is 0.0772. The van der Waals surface area contributed by atoms with Crippen molar-refractivity contribution in [3.8, 4) is 0 Å². The lowest BCUT2D eigenvalue weighted by Crippen LogP contribution is -2.44. The van der Waals surface area contributed by atoms with Crippen molar-refractivity contribution in [2.45, 2.75) is 31.9 Å². The molecule has 0 saturated carbocycles. The predicted molar refractivity (Wildman–Crippen MR) is 116 cm³/mol. The minimum absolute atomic E-state index is 0.00768. The Bertz CT molecular complexity index is 1030. The Morgan fingerprint density at radius 1 is 1.19 bits per heavy atom. The zero-order valence-electron chi connectivity index (χ0n) is 16.8. The number of unbranched alkanes of at least 4 members (excludes halogenated alkanes) is 1. The summed E-state index contributed by atoms with van der Waals surface area (Å²) >= 11 is 0.926. The number of alkyl carbamates (subject to hydrolysis) is 1. The smallest absolute Gasteiger partial charge is 0.408 e. The number of nitrogens with one attached hydrogen (secondary N) is 3. The van der Waals surface area contributed by atoms with Crippen molar-refractivity contribution < 1.29 is 32.6 Å².